The highest BCUT2D eigenvalue weighted by molar-refractivity contribution is 14.0. The van der Waals surface area contributed by atoms with E-state index in [0.29, 0.717) is 36.2 Å². The molecule has 0 bridgehead atoms. The highest BCUT2D eigenvalue weighted by atomic mass is 127. The van der Waals surface area contributed by atoms with Gasteiger partial charge in [0.1, 0.15) is 0 Å². The van der Waals surface area contributed by atoms with Gasteiger partial charge < -0.3 is 25.8 Å². The third kappa shape index (κ3) is 6.91. The van der Waals surface area contributed by atoms with Gasteiger partial charge in [0.2, 0.25) is 5.91 Å². The predicted octanol–water partition coefficient (Wildman–Crippen LogP) is 3.39. The molecular formula is C20H27IN4O3. The number of carbonyl (C=O) groups is 1. The molecule has 0 aliphatic rings. The molecule has 0 spiro atoms. The number of methoxy groups -OCH3 is 1. The third-order valence-electron chi connectivity index (χ3n) is 3.73. The van der Waals surface area contributed by atoms with Crippen LogP contribution in [0.4, 0.5) is 5.69 Å². The summed E-state index contributed by atoms with van der Waals surface area (Å²) >= 11 is 0. The number of nitrogens with two attached hydrogens (primary N) is 1. The van der Waals surface area contributed by atoms with Gasteiger partial charge in [-0.25, -0.2) is 4.99 Å². The van der Waals surface area contributed by atoms with Crippen LogP contribution in [0.25, 0.3) is 0 Å². The highest BCUT2D eigenvalue weighted by Gasteiger charge is 2.07. The van der Waals surface area contributed by atoms with E-state index in [1.165, 1.54) is 0 Å². The van der Waals surface area contributed by atoms with E-state index >= 15 is 0 Å². The molecule has 2 aromatic carbocycles. The second kappa shape index (κ2) is 12.1. The van der Waals surface area contributed by atoms with Crippen molar-refractivity contribution in [3.05, 3.63) is 53.6 Å². The standard InChI is InChI=1S/C20H26N4O3.HI/c1-4-22-20(23-13-14-6-8-15(9-7-14)19(21)25)24-16-10-11-17(26-3)18(12-16)27-5-2;/h6-12H,4-5,13H2,1-3H3,(H2,21,25)(H2,22,23,24);1H. The van der Waals surface area contributed by atoms with Gasteiger partial charge in [-0.15, -0.1) is 24.0 Å². The fourth-order valence-corrected chi connectivity index (χ4v) is 2.41. The van der Waals surface area contributed by atoms with Crippen molar-refractivity contribution in [2.24, 2.45) is 10.7 Å². The van der Waals surface area contributed by atoms with Gasteiger partial charge in [0.25, 0.3) is 0 Å². The Morgan fingerprint density at radius 1 is 1.11 bits per heavy atom. The summed E-state index contributed by atoms with van der Waals surface area (Å²) in [5, 5.41) is 6.46. The van der Waals surface area contributed by atoms with Crippen LogP contribution < -0.4 is 25.8 Å². The SMILES string of the molecule is CCNC(=NCc1ccc(C(N)=O)cc1)Nc1ccc(OC)c(OCC)c1.I. The summed E-state index contributed by atoms with van der Waals surface area (Å²) in [5.41, 5.74) is 7.55. The number of primary amides is 1. The lowest BCUT2D eigenvalue weighted by Crippen LogP contribution is -2.30. The van der Waals surface area contributed by atoms with Crippen LogP contribution in [0.15, 0.2) is 47.5 Å². The topological polar surface area (TPSA) is 98.0 Å². The molecule has 2 rings (SSSR count). The van der Waals surface area contributed by atoms with Gasteiger partial charge in [-0.2, -0.15) is 0 Å². The van der Waals surface area contributed by atoms with Crippen molar-refractivity contribution >= 4 is 41.5 Å². The molecule has 7 nitrogen and oxygen atoms in total. The van der Waals surface area contributed by atoms with Crippen molar-refractivity contribution in [1.82, 2.24) is 5.32 Å². The molecule has 0 saturated carbocycles. The molecule has 0 unspecified atom stereocenters. The normalized spacial score (nSPS) is 10.6. The molecule has 2 aromatic rings. The molecule has 0 aliphatic carbocycles. The highest BCUT2D eigenvalue weighted by Crippen LogP contribution is 2.30. The Hall–Kier alpha value is -2.49. The van der Waals surface area contributed by atoms with Crippen molar-refractivity contribution in [2.75, 3.05) is 25.6 Å². The Balaban J connectivity index is 0.00000392. The number of ether oxygens (including phenoxy) is 2. The van der Waals surface area contributed by atoms with E-state index in [1.54, 1.807) is 19.2 Å². The molecule has 4 N–H and O–H groups in total. The van der Waals surface area contributed by atoms with Crippen molar-refractivity contribution in [3.63, 3.8) is 0 Å². The van der Waals surface area contributed by atoms with E-state index in [9.17, 15) is 4.79 Å². The average Bonchev–Trinajstić information content (AvgIpc) is 2.67. The largest absolute Gasteiger partial charge is 0.493 e. The summed E-state index contributed by atoms with van der Waals surface area (Å²) in [6.45, 7) is 5.66. The minimum absolute atomic E-state index is 0. The number of benzene rings is 2. The number of aliphatic imine (C=N–C) groups is 1. The van der Waals surface area contributed by atoms with Crippen molar-refractivity contribution in [1.29, 1.82) is 0 Å². The number of hydrogen-bond acceptors (Lipinski definition) is 4. The van der Waals surface area contributed by atoms with Crippen LogP contribution >= 0.6 is 24.0 Å². The van der Waals surface area contributed by atoms with Crippen LogP contribution in [0, 0.1) is 0 Å². The second-order valence-electron chi connectivity index (χ2n) is 5.68. The predicted molar refractivity (Wildman–Crippen MR) is 123 cm³/mol. The lowest BCUT2D eigenvalue weighted by molar-refractivity contribution is 0.100. The minimum atomic E-state index is -0.440. The summed E-state index contributed by atoms with van der Waals surface area (Å²) in [7, 11) is 1.61. The minimum Gasteiger partial charge on any atom is -0.493 e. The maximum atomic E-state index is 11.1. The number of carbonyl (C=O) groups excluding carboxylic acids is 1. The Kier molecular flexibility index (Phi) is 10.1. The van der Waals surface area contributed by atoms with Crippen LogP contribution in [0.1, 0.15) is 29.8 Å². The van der Waals surface area contributed by atoms with Crippen LogP contribution in [0.5, 0.6) is 11.5 Å². The van der Waals surface area contributed by atoms with Crippen molar-refractivity contribution in [2.45, 2.75) is 20.4 Å². The summed E-state index contributed by atoms with van der Waals surface area (Å²) in [6, 6.07) is 12.7. The number of halogens is 1. The number of amides is 1. The Bertz CT molecular complexity index is 795. The number of nitrogens with one attached hydrogen (secondary N) is 2. The molecule has 0 heterocycles. The quantitative estimate of drug-likeness (QED) is 0.295. The average molecular weight is 498 g/mol. The van der Waals surface area contributed by atoms with Gasteiger partial charge in [-0.1, -0.05) is 12.1 Å². The van der Waals surface area contributed by atoms with Gasteiger partial charge in [0.05, 0.1) is 20.3 Å². The molecule has 0 atom stereocenters. The Labute approximate surface area is 182 Å². The van der Waals surface area contributed by atoms with Gasteiger partial charge in [-0.3, -0.25) is 4.79 Å². The van der Waals surface area contributed by atoms with Crippen LogP contribution in [-0.2, 0) is 6.54 Å². The lowest BCUT2D eigenvalue weighted by Gasteiger charge is -2.14. The molecule has 8 heteroatoms. The van der Waals surface area contributed by atoms with Gasteiger partial charge in [-0.05, 0) is 43.7 Å². The first kappa shape index (κ1) is 23.5. The number of nitrogens with zero attached hydrogens (tertiary/aromatic N) is 1. The first-order chi connectivity index (χ1) is 13.1. The molecule has 0 radical (unpaired) electrons. The van der Waals surface area contributed by atoms with Crippen LogP contribution in [0.2, 0.25) is 0 Å². The molecule has 0 saturated heterocycles. The van der Waals surface area contributed by atoms with E-state index in [-0.39, 0.29) is 24.0 Å². The molecule has 28 heavy (non-hydrogen) atoms. The van der Waals surface area contributed by atoms with E-state index in [4.69, 9.17) is 15.2 Å². The third-order valence-corrected chi connectivity index (χ3v) is 3.73. The number of guanidine groups is 1. The summed E-state index contributed by atoms with van der Waals surface area (Å²) < 4.78 is 10.9. The molecular weight excluding hydrogens is 471 g/mol. The van der Waals surface area contributed by atoms with Crippen LogP contribution in [-0.4, -0.2) is 32.1 Å². The fourth-order valence-electron chi connectivity index (χ4n) is 2.41. The van der Waals surface area contributed by atoms with E-state index in [1.807, 2.05) is 44.2 Å². The zero-order valence-corrected chi connectivity index (χ0v) is 18.7. The molecule has 152 valence electrons. The maximum absolute atomic E-state index is 11.1. The second-order valence-corrected chi connectivity index (χ2v) is 5.68. The van der Waals surface area contributed by atoms with Gasteiger partial charge in [0, 0.05) is 23.9 Å². The van der Waals surface area contributed by atoms with Gasteiger partial charge in [0.15, 0.2) is 17.5 Å². The fraction of sp³-hybridized carbons (Fsp3) is 0.300. The van der Waals surface area contributed by atoms with E-state index in [2.05, 4.69) is 15.6 Å². The number of rotatable bonds is 8. The van der Waals surface area contributed by atoms with Crippen molar-refractivity contribution < 1.29 is 14.3 Å². The Morgan fingerprint density at radius 2 is 1.82 bits per heavy atom. The van der Waals surface area contributed by atoms with Crippen LogP contribution in [0.3, 0.4) is 0 Å². The molecule has 1 amide bonds. The smallest absolute Gasteiger partial charge is 0.248 e. The Morgan fingerprint density at radius 3 is 2.39 bits per heavy atom. The van der Waals surface area contributed by atoms with E-state index in [0.717, 1.165) is 17.8 Å². The first-order valence-electron chi connectivity index (χ1n) is 8.82. The maximum Gasteiger partial charge on any atom is 0.248 e. The number of anilines is 1. The summed E-state index contributed by atoms with van der Waals surface area (Å²) in [5.74, 6) is 1.55. The zero-order valence-electron chi connectivity index (χ0n) is 16.3. The summed E-state index contributed by atoms with van der Waals surface area (Å²) in [6.07, 6.45) is 0. The molecule has 0 aliphatic heterocycles. The lowest BCUT2D eigenvalue weighted by atomic mass is 10.1. The zero-order chi connectivity index (χ0) is 19.6. The molecule has 0 aromatic heterocycles. The van der Waals surface area contributed by atoms with Crippen molar-refractivity contribution in [3.8, 4) is 11.5 Å². The number of hydrogen-bond donors (Lipinski definition) is 3. The molecule has 0 fully saturated rings. The monoisotopic (exact) mass is 498 g/mol. The summed E-state index contributed by atoms with van der Waals surface area (Å²) in [4.78, 5) is 15.7. The van der Waals surface area contributed by atoms with Gasteiger partial charge >= 0.3 is 0 Å². The van der Waals surface area contributed by atoms with E-state index < -0.39 is 5.91 Å². The first-order valence-corrected chi connectivity index (χ1v) is 8.82.